The molecule has 0 unspecified atom stereocenters. The number of piperidine rings is 1. The molecule has 2 nitrogen and oxygen atoms in total. The molecule has 0 bridgehead atoms. The van der Waals surface area contributed by atoms with E-state index < -0.39 is 0 Å². The van der Waals surface area contributed by atoms with Crippen LogP contribution in [0.3, 0.4) is 0 Å². The van der Waals surface area contributed by atoms with Crippen LogP contribution in [0.4, 0.5) is 0 Å². The van der Waals surface area contributed by atoms with Crippen LogP contribution in [0.1, 0.15) is 103 Å². The lowest BCUT2D eigenvalue weighted by Crippen LogP contribution is -2.58. The van der Waals surface area contributed by atoms with Gasteiger partial charge in [-0.3, -0.25) is 4.90 Å². The van der Waals surface area contributed by atoms with Gasteiger partial charge < -0.3 is 5.11 Å². The minimum atomic E-state index is 0.406. The smallest absolute Gasteiger partial charge is 0.0460 e. The van der Waals surface area contributed by atoms with Crippen LogP contribution in [0.15, 0.2) is 0 Å². The Morgan fingerprint density at radius 3 is 2.12 bits per heavy atom. The molecule has 0 aromatic carbocycles. The van der Waals surface area contributed by atoms with E-state index in [-0.39, 0.29) is 0 Å². The van der Waals surface area contributed by atoms with E-state index in [0.717, 1.165) is 11.8 Å². The molecule has 0 aromatic rings. The maximum Gasteiger partial charge on any atom is 0.0460 e. The molecule has 1 heterocycles. The maximum atomic E-state index is 9.50. The third-order valence-electron chi connectivity index (χ3n) is 8.04. The summed E-state index contributed by atoms with van der Waals surface area (Å²) in [4.78, 5) is 2.92. The number of aliphatic hydroxyl groups is 1. The van der Waals surface area contributed by atoms with E-state index >= 15 is 0 Å². The number of nitrogens with zero attached hydrogens (tertiary/aromatic N) is 1. The molecule has 0 atom stereocenters. The summed E-state index contributed by atoms with van der Waals surface area (Å²) >= 11 is 0. The third-order valence-corrected chi connectivity index (χ3v) is 8.04. The molecule has 3 aliphatic rings. The summed E-state index contributed by atoms with van der Waals surface area (Å²) in [6.07, 6.45) is 21.5. The van der Waals surface area contributed by atoms with Crippen molar-refractivity contribution < 1.29 is 5.11 Å². The molecule has 25 heavy (non-hydrogen) atoms. The van der Waals surface area contributed by atoms with Gasteiger partial charge in [-0.1, -0.05) is 64.7 Å². The summed E-state index contributed by atoms with van der Waals surface area (Å²) < 4.78 is 0. The van der Waals surface area contributed by atoms with E-state index in [2.05, 4.69) is 11.8 Å². The van der Waals surface area contributed by atoms with E-state index in [9.17, 15) is 5.11 Å². The second kappa shape index (κ2) is 9.74. The van der Waals surface area contributed by atoms with Crippen molar-refractivity contribution >= 4 is 0 Å². The van der Waals surface area contributed by atoms with Gasteiger partial charge in [-0.25, -0.2) is 0 Å². The van der Waals surface area contributed by atoms with Crippen molar-refractivity contribution in [2.24, 2.45) is 17.8 Å². The van der Waals surface area contributed by atoms with Gasteiger partial charge >= 0.3 is 0 Å². The molecule has 146 valence electrons. The largest absolute Gasteiger partial charge is 0.396 e. The standard InChI is InChI=1S/C23H43NO/c1-2-3-5-8-20-9-11-22(12-10-20)23(15-6-4-7-16-23)24-17-13-21(19-25)14-18-24/h20-22,25H,2-19H2,1H3. The van der Waals surface area contributed by atoms with Gasteiger partial charge in [-0.2, -0.15) is 0 Å². The Labute approximate surface area is 156 Å². The van der Waals surface area contributed by atoms with Crippen LogP contribution in [0.25, 0.3) is 0 Å². The highest BCUT2D eigenvalue weighted by atomic mass is 16.3. The van der Waals surface area contributed by atoms with Crippen LogP contribution >= 0.6 is 0 Å². The van der Waals surface area contributed by atoms with Crippen molar-refractivity contribution in [2.75, 3.05) is 19.7 Å². The fourth-order valence-electron chi connectivity index (χ4n) is 6.38. The van der Waals surface area contributed by atoms with Gasteiger partial charge in [0.1, 0.15) is 0 Å². The Bertz CT molecular complexity index is 360. The summed E-state index contributed by atoms with van der Waals surface area (Å²) in [6.45, 7) is 5.23. The van der Waals surface area contributed by atoms with Crippen molar-refractivity contribution in [3.8, 4) is 0 Å². The summed E-state index contributed by atoms with van der Waals surface area (Å²) in [5, 5.41) is 9.50. The third kappa shape index (κ3) is 4.80. The minimum absolute atomic E-state index is 0.406. The lowest BCUT2D eigenvalue weighted by atomic mass is 9.64. The molecule has 1 N–H and O–H groups in total. The molecule has 3 rings (SSSR count). The summed E-state index contributed by atoms with van der Waals surface area (Å²) in [5.41, 5.74) is 0.535. The van der Waals surface area contributed by atoms with Gasteiger partial charge in [0, 0.05) is 12.1 Å². The van der Waals surface area contributed by atoms with Crippen LogP contribution in [-0.4, -0.2) is 35.2 Å². The molecule has 0 amide bonds. The number of hydrogen-bond donors (Lipinski definition) is 1. The fraction of sp³-hybridized carbons (Fsp3) is 1.00. The van der Waals surface area contributed by atoms with Gasteiger partial charge in [0.25, 0.3) is 0 Å². The number of likely N-dealkylation sites (tertiary alicyclic amines) is 1. The Hall–Kier alpha value is -0.0800. The van der Waals surface area contributed by atoms with Crippen molar-refractivity contribution in [1.29, 1.82) is 0 Å². The molecule has 0 radical (unpaired) electrons. The summed E-state index contributed by atoms with van der Waals surface area (Å²) in [5.74, 6) is 2.57. The molecule has 1 aliphatic heterocycles. The number of hydrogen-bond acceptors (Lipinski definition) is 2. The maximum absolute atomic E-state index is 9.50. The van der Waals surface area contributed by atoms with Gasteiger partial charge in [-0.15, -0.1) is 0 Å². The number of unbranched alkanes of at least 4 members (excludes halogenated alkanes) is 2. The molecule has 2 heteroatoms. The first kappa shape index (κ1) is 19.7. The second-order valence-corrected chi connectivity index (χ2v) is 9.49. The highest BCUT2D eigenvalue weighted by Crippen LogP contribution is 2.48. The van der Waals surface area contributed by atoms with E-state index in [0.29, 0.717) is 18.1 Å². The van der Waals surface area contributed by atoms with Crippen molar-refractivity contribution in [3.63, 3.8) is 0 Å². The average Bonchev–Trinajstić information content (AvgIpc) is 2.69. The average molecular weight is 350 g/mol. The van der Waals surface area contributed by atoms with Crippen LogP contribution < -0.4 is 0 Å². The van der Waals surface area contributed by atoms with Crippen LogP contribution in [-0.2, 0) is 0 Å². The molecule has 0 aromatic heterocycles. The minimum Gasteiger partial charge on any atom is -0.396 e. The highest BCUT2D eigenvalue weighted by Gasteiger charge is 2.45. The molecular formula is C23H43NO. The van der Waals surface area contributed by atoms with Crippen LogP contribution in [0, 0.1) is 17.8 Å². The molecule has 2 aliphatic carbocycles. The second-order valence-electron chi connectivity index (χ2n) is 9.49. The first-order valence-corrected chi connectivity index (χ1v) is 11.6. The Morgan fingerprint density at radius 1 is 0.840 bits per heavy atom. The predicted molar refractivity (Wildman–Crippen MR) is 107 cm³/mol. The van der Waals surface area contributed by atoms with Gasteiger partial charge in [0.2, 0.25) is 0 Å². The topological polar surface area (TPSA) is 23.5 Å². The van der Waals surface area contributed by atoms with Crippen LogP contribution in [0.5, 0.6) is 0 Å². The zero-order chi connectivity index (χ0) is 17.5. The fourth-order valence-corrected chi connectivity index (χ4v) is 6.38. The van der Waals surface area contributed by atoms with E-state index in [4.69, 9.17) is 0 Å². The van der Waals surface area contributed by atoms with E-state index in [1.807, 2.05) is 0 Å². The molecule has 2 saturated carbocycles. The quantitative estimate of drug-likeness (QED) is 0.589. The van der Waals surface area contributed by atoms with E-state index in [1.165, 1.54) is 109 Å². The SMILES string of the molecule is CCCCCC1CCC(C2(N3CCC(CO)CC3)CCCCC2)CC1. The lowest BCUT2D eigenvalue weighted by molar-refractivity contribution is -0.0430. The van der Waals surface area contributed by atoms with Gasteiger partial charge in [-0.05, 0) is 69.4 Å². The van der Waals surface area contributed by atoms with Gasteiger partial charge in [0.05, 0.1) is 0 Å². The molecule has 0 spiro atoms. The molecule has 1 saturated heterocycles. The zero-order valence-corrected chi connectivity index (χ0v) is 16.9. The lowest BCUT2D eigenvalue weighted by Gasteiger charge is -2.55. The molecule has 3 fully saturated rings. The first-order valence-electron chi connectivity index (χ1n) is 11.6. The summed E-state index contributed by atoms with van der Waals surface area (Å²) in [6, 6.07) is 0. The zero-order valence-electron chi connectivity index (χ0n) is 16.9. The van der Waals surface area contributed by atoms with Crippen molar-refractivity contribution in [3.05, 3.63) is 0 Å². The number of rotatable bonds is 7. The Kier molecular flexibility index (Phi) is 7.66. The van der Waals surface area contributed by atoms with E-state index in [1.54, 1.807) is 0 Å². The number of aliphatic hydroxyl groups excluding tert-OH is 1. The predicted octanol–water partition coefficient (Wildman–Crippen LogP) is 5.78. The molecular weight excluding hydrogens is 306 g/mol. The van der Waals surface area contributed by atoms with Crippen LogP contribution in [0.2, 0.25) is 0 Å². The summed E-state index contributed by atoms with van der Waals surface area (Å²) in [7, 11) is 0. The Balaban J connectivity index is 1.58. The highest BCUT2D eigenvalue weighted by molar-refractivity contribution is 5.01. The van der Waals surface area contributed by atoms with Crippen molar-refractivity contribution in [1.82, 2.24) is 4.90 Å². The monoisotopic (exact) mass is 349 g/mol. The van der Waals surface area contributed by atoms with Crippen molar-refractivity contribution in [2.45, 2.75) is 109 Å². The van der Waals surface area contributed by atoms with Gasteiger partial charge in [0.15, 0.2) is 0 Å². The Morgan fingerprint density at radius 2 is 1.52 bits per heavy atom. The normalized spacial score (nSPS) is 31.9. The first-order chi connectivity index (χ1) is 12.3.